The SMILES string of the molecule is O=[n+]1c(Cl)c(Cl)n([O-])c2ccccc21. The summed E-state index contributed by atoms with van der Waals surface area (Å²) in [5.41, 5.74) is 0.383. The second-order valence-electron chi connectivity index (χ2n) is 2.66. The zero-order valence-electron chi connectivity index (χ0n) is 6.78. The van der Waals surface area contributed by atoms with E-state index in [4.69, 9.17) is 23.2 Å². The average molecular weight is 231 g/mol. The molecule has 0 spiro atoms. The Kier molecular flexibility index (Phi) is 2.09. The number of nitrogens with zero attached hydrogens (tertiary/aromatic N) is 2. The lowest BCUT2D eigenvalue weighted by atomic mass is 10.3. The Morgan fingerprint density at radius 3 is 2.64 bits per heavy atom. The van der Waals surface area contributed by atoms with Crippen molar-refractivity contribution >= 4 is 34.2 Å². The summed E-state index contributed by atoms with van der Waals surface area (Å²) in [6, 6.07) is 6.28. The molecule has 0 saturated heterocycles. The number of fused-ring (bicyclic) bond motifs is 1. The molecule has 0 unspecified atom stereocenters. The molecule has 6 heteroatoms. The highest BCUT2D eigenvalue weighted by Crippen LogP contribution is 2.21. The Labute approximate surface area is 88.5 Å². The summed E-state index contributed by atoms with van der Waals surface area (Å²) in [6.07, 6.45) is 0. The Balaban J connectivity index is 3.10. The topological polar surface area (TPSA) is 51.0 Å². The van der Waals surface area contributed by atoms with E-state index >= 15 is 0 Å². The Bertz CT molecular complexity index is 565. The monoisotopic (exact) mass is 230 g/mol. The Morgan fingerprint density at radius 2 is 1.93 bits per heavy atom. The Morgan fingerprint density at radius 1 is 1.29 bits per heavy atom. The largest absolute Gasteiger partial charge is 0.804 e. The minimum absolute atomic E-state index is 0.192. The van der Waals surface area contributed by atoms with Gasteiger partial charge in [0.1, 0.15) is 5.52 Å². The van der Waals surface area contributed by atoms with E-state index in [2.05, 4.69) is 0 Å². The molecule has 72 valence electrons. The van der Waals surface area contributed by atoms with Gasteiger partial charge in [-0.1, -0.05) is 23.7 Å². The fourth-order valence-electron chi connectivity index (χ4n) is 1.19. The van der Waals surface area contributed by atoms with E-state index in [0.717, 1.165) is 0 Å². The highest BCUT2D eigenvalue weighted by Gasteiger charge is 2.18. The molecule has 0 saturated carbocycles. The van der Waals surface area contributed by atoms with Gasteiger partial charge in [-0.2, -0.15) is 0 Å². The molecule has 0 aliphatic carbocycles. The van der Waals surface area contributed by atoms with Gasteiger partial charge in [0.15, 0.2) is 5.15 Å². The summed E-state index contributed by atoms with van der Waals surface area (Å²) >= 11 is 11.1. The van der Waals surface area contributed by atoms with Gasteiger partial charge in [-0.25, -0.2) is 0 Å². The summed E-state index contributed by atoms with van der Waals surface area (Å²) < 4.78 is 0.848. The van der Waals surface area contributed by atoms with Gasteiger partial charge in [0.25, 0.3) is 5.52 Å². The maximum absolute atomic E-state index is 11.4. The van der Waals surface area contributed by atoms with Crippen LogP contribution in [0.1, 0.15) is 0 Å². The summed E-state index contributed by atoms with van der Waals surface area (Å²) in [5, 5.41) is 10.8. The molecule has 0 atom stereocenters. The van der Waals surface area contributed by atoms with E-state index in [9.17, 15) is 10.1 Å². The minimum atomic E-state index is -0.319. The number of para-hydroxylation sites is 2. The third-order valence-corrected chi connectivity index (χ3v) is 2.61. The summed E-state index contributed by atoms with van der Waals surface area (Å²) in [5.74, 6) is 0. The second-order valence-corrected chi connectivity index (χ2v) is 3.38. The van der Waals surface area contributed by atoms with Crippen LogP contribution in [0.2, 0.25) is 10.3 Å². The number of halogens is 2. The highest BCUT2D eigenvalue weighted by atomic mass is 35.5. The van der Waals surface area contributed by atoms with Gasteiger partial charge in [-0.3, -0.25) is 0 Å². The molecule has 0 aliphatic rings. The molecule has 0 aliphatic heterocycles. The summed E-state index contributed by atoms with van der Waals surface area (Å²) in [6.45, 7) is 0. The molecule has 0 fully saturated rings. The molecule has 2 rings (SSSR count). The lowest BCUT2D eigenvalue weighted by Gasteiger charge is -2.12. The van der Waals surface area contributed by atoms with E-state index < -0.39 is 0 Å². The molecule has 0 radical (unpaired) electrons. The van der Waals surface area contributed by atoms with Crippen molar-refractivity contribution in [1.82, 2.24) is 4.73 Å². The summed E-state index contributed by atoms with van der Waals surface area (Å²) in [7, 11) is 0. The van der Waals surface area contributed by atoms with E-state index in [1.807, 2.05) is 0 Å². The first-order valence-electron chi connectivity index (χ1n) is 3.71. The number of benzene rings is 1. The first-order valence-corrected chi connectivity index (χ1v) is 4.47. The quantitative estimate of drug-likeness (QED) is 0.652. The van der Waals surface area contributed by atoms with Gasteiger partial charge in [-0.05, 0) is 17.7 Å². The first-order chi connectivity index (χ1) is 6.63. The van der Waals surface area contributed by atoms with Crippen LogP contribution in [0.5, 0.6) is 0 Å². The molecular weight excluding hydrogens is 227 g/mol. The smallest absolute Gasteiger partial charge is 0.366 e. The van der Waals surface area contributed by atoms with E-state index in [1.54, 1.807) is 12.1 Å². The van der Waals surface area contributed by atoms with Crippen LogP contribution in [0.25, 0.3) is 11.0 Å². The number of aromatic nitrogens is 2. The fourth-order valence-corrected chi connectivity index (χ4v) is 1.52. The predicted molar refractivity (Wildman–Crippen MR) is 54.1 cm³/mol. The standard InChI is InChI=1S/C8H4Cl2N2O2/c9-7-8(10)12(14)6-4-2-1-3-5(6)11(7)13/h1-4H. The minimum Gasteiger partial charge on any atom is -0.804 e. The molecule has 0 N–H and O–H groups in total. The molecule has 4 nitrogen and oxygen atoms in total. The molecular formula is C8H4Cl2N2O2. The predicted octanol–water partition coefficient (Wildman–Crippen LogP) is 2.21. The number of hydrogen-bond donors (Lipinski definition) is 0. The van der Waals surface area contributed by atoms with Gasteiger partial charge in [-0.15, -0.1) is 0 Å². The van der Waals surface area contributed by atoms with Crippen LogP contribution in [0.15, 0.2) is 24.3 Å². The maximum atomic E-state index is 11.4. The average Bonchev–Trinajstić information content (AvgIpc) is 2.23. The van der Waals surface area contributed by atoms with E-state index in [-0.39, 0.29) is 21.3 Å². The van der Waals surface area contributed by atoms with Crippen LogP contribution in [0, 0.1) is 10.1 Å². The van der Waals surface area contributed by atoms with Crippen molar-refractivity contribution in [3.8, 4) is 0 Å². The van der Waals surface area contributed by atoms with Crippen LogP contribution in [0.3, 0.4) is 0 Å². The van der Waals surface area contributed by atoms with Crippen LogP contribution in [-0.4, -0.2) is 4.73 Å². The van der Waals surface area contributed by atoms with Crippen molar-refractivity contribution < 1.29 is 4.43 Å². The van der Waals surface area contributed by atoms with Gasteiger partial charge in [0, 0.05) is 11.0 Å². The highest BCUT2D eigenvalue weighted by molar-refractivity contribution is 6.40. The van der Waals surface area contributed by atoms with Crippen molar-refractivity contribution in [2.75, 3.05) is 0 Å². The molecule has 14 heavy (non-hydrogen) atoms. The molecule has 0 bridgehead atoms. The van der Waals surface area contributed by atoms with Crippen molar-refractivity contribution in [2.24, 2.45) is 0 Å². The van der Waals surface area contributed by atoms with E-state index in [1.165, 1.54) is 12.1 Å². The van der Waals surface area contributed by atoms with Crippen molar-refractivity contribution in [2.45, 2.75) is 0 Å². The zero-order chi connectivity index (χ0) is 10.3. The first kappa shape index (κ1) is 9.30. The van der Waals surface area contributed by atoms with Crippen LogP contribution in [-0.2, 0) is 0 Å². The normalized spacial score (nSPS) is 10.7. The van der Waals surface area contributed by atoms with Crippen LogP contribution in [0.4, 0.5) is 0 Å². The zero-order valence-corrected chi connectivity index (χ0v) is 8.29. The third kappa shape index (κ3) is 1.15. The summed E-state index contributed by atoms with van der Waals surface area (Å²) in [4.78, 5) is 11.4. The molecule has 0 amide bonds. The maximum Gasteiger partial charge on any atom is 0.366 e. The van der Waals surface area contributed by atoms with Gasteiger partial charge in [0.2, 0.25) is 0 Å². The fraction of sp³-hybridized carbons (Fsp3) is 0. The number of hydrogen-bond acceptors (Lipinski definition) is 2. The molecule has 2 aromatic rings. The van der Waals surface area contributed by atoms with E-state index in [0.29, 0.717) is 9.16 Å². The van der Waals surface area contributed by atoms with Crippen LogP contribution >= 0.6 is 23.2 Å². The second kappa shape index (κ2) is 3.15. The van der Waals surface area contributed by atoms with Gasteiger partial charge in [0.05, 0.1) is 4.43 Å². The lowest BCUT2D eigenvalue weighted by molar-refractivity contribution is -0.461. The van der Waals surface area contributed by atoms with Gasteiger partial charge >= 0.3 is 5.15 Å². The number of rotatable bonds is 0. The molecule has 1 aromatic heterocycles. The molecule has 1 aromatic carbocycles. The van der Waals surface area contributed by atoms with Crippen molar-refractivity contribution in [1.29, 1.82) is 0 Å². The van der Waals surface area contributed by atoms with Crippen LogP contribution < -0.4 is 4.43 Å². The van der Waals surface area contributed by atoms with Crippen molar-refractivity contribution in [3.05, 3.63) is 44.7 Å². The van der Waals surface area contributed by atoms with Crippen molar-refractivity contribution in [3.63, 3.8) is 0 Å². The molecule has 1 heterocycles. The van der Waals surface area contributed by atoms with Gasteiger partial charge < -0.3 is 9.94 Å². The Hall–Kier alpha value is -1.26. The third-order valence-electron chi connectivity index (χ3n) is 1.85. The lowest BCUT2D eigenvalue weighted by Crippen LogP contribution is -2.20.